The lowest BCUT2D eigenvalue weighted by molar-refractivity contribution is 0.0788. The van der Waals surface area contributed by atoms with Crippen LogP contribution in [0.1, 0.15) is 73.6 Å². The van der Waals surface area contributed by atoms with Crippen LogP contribution in [0.15, 0.2) is 0 Å². The Morgan fingerprint density at radius 1 is 0.750 bits per heavy atom. The van der Waals surface area contributed by atoms with Gasteiger partial charge in [0.2, 0.25) is 0 Å². The van der Waals surface area contributed by atoms with Crippen molar-refractivity contribution in [2.75, 3.05) is 32.7 Å². The highest BCUT2D eigenvalue weighted by Crippen LogP contribution is 2.25. The highest BCUT2D eigenvalue weighted by atomic mass is 15.2. The van der Waals surface area contributed by atoms with Crippen LogP contribution in [0, 0.1) is 5.92 Å². The summed E-state index contributed by atoms with van der Waals surface area (Å²) in [7, 11) is 0. The fourth-order valence-electron chi connectivity index (χ4n) is 3.33. The number of piperidine rings is 2. The van der Waals surface area contributed by atoms with Crippen molar-refractivity contribution in [1.29, 1.82) is 0 Å². The van der Waals surface area contributed by atoms with Crippen LogP contribution in [-0.4, -0.2) is 48.6 Å². The maximum absolute atomic E-state index is 2.78. The van der Waals surface area contributed by atoms with Crippen LogP contribution in [0.2, 0.25) is 0 Å². The summed E-state index contributed by atoms with van der Waals surface area (Å²) in [6.45, 7) is 19.3. The van der Waals surface area contributed by atoms with E-state index in [0.717, 1.165) is 12.0 Å². The topological polar surface area (TPSA) is 6.48 Å². The van der Waals surface area contributed by atoms with Crippen molar-refractivity contribution in [1.82, 2.24) is 9.80 Å². The van der Waals surface area contributed by atoms with Gasteiger partial charge in [0.15, 0.2) is 0 Å². The largest absolute Gasteiger partial charge is 0.303 e. The molecule has 0 amide bonds. The fraction of sp³-hybridized carbons (Fsp3) is 1.00. The molecule has 2 rings (SSSR count). The van der Waals surface area contributed by atoms with Crippen molar-refractivity contribution < 1.29 is 0 Å². The molecular weight excluding hydrogens is 244 g/mol. The monoisotopic (exact) mass is 284 g/mol. The van der Waals surface area contributed by atoms with Gasteiger partial charge in [-0.15, -0.1) is 0 Å². The molecule has 122 valence electrons. The predicted octanol–water partition coefficient (Wildman–Crippen LogP) is 4.65. The molecule has 0 N–H and O–H groups in total. The minimum absolute atomic E-state index is 0.903. The molecule has 0 aromatic carbocycles. The van der Waals surface area contributed by atoms with E-state index in [1.54, 1.807) is 0 Å². The number of likely N-dealkylation sites (tertiary alicyclic amines) is 2. The molecule has 0 spiro atoms. The van der Waals surface area contributed by atoms with Crippen molar-refractivity contribution in [2.45, 2.75) is 79.7 Å². The molecule has 0 unspecified atom stereocenters. The van der Waals surface area contributed by atoms with Crippen LogP contribution >= 0.6 is 0 Å². The van der Waals surface area contributed by atoms with Crippen LogP contribution in [0.3, 0.4) is 0 Å². The van der Waals surface area contributed by atoms with E-state index in [-0.39, 0.29) is 0 Å². The molecule has 0 saturated carbocycles. The van der Waals surface area contributed by atoms with Crippen molar-refractivity contribution in [3.8, 4) is 0 Å². The van der Waals surface area contributed by atoms with Gasteiger partial charge in [0.05, 0.1) is 0 Å². The zero-order valence-electron chi connectivity index (χ0n) is 15.1. The first-order chi connectivity index (χ1) is 9.83. The first kappa shape index (κ1) is 19.9. The smallest absolute Gasteiger partial charge is 0.0120 e. The van der Waals surface area contributed by atoms with E-state index in [4.69, 9.17) is 0 Å². The van der Waals surface area contributed by atoms with E-state index < -0.39 is 0 Å². The molecule has 0 aliphatic carbocycles. The van der Waals surface area contributed by atoms with Gasteiger partial charge in [-0.3, -0.25) is 0 Å². The van der Waals surface area contributed by atoms with Crippen LogP contribution in [0.5, 0.6) is 0 Å². The van der Waals surface area contributed by atoms with Crippen LogP contribution in [0.25, 0.3) is 0 Å². The Bertz CT molecular complexity index is 168. The van der Waals surface area contributed by atoms with Gasteiger partial charge in [-0.25, -0.2) is 0 Å². The second-order valence-electron chi connectivity index (χ2n) is 5.55. The number of hydrogen-bond donors (Lipinski definition) is 0. The van der Waals surface area contributed by atoms with E-state index >= 15 is 0 Å². The molecule has 2 aliphatic rings. The molecule has 0 aromatic heterocycles. The molecule has 0 bridgehead atoms. The molecule has 2 heterocycles. The molecule has 0 radical (unpaired) electrons. The summed E-state index contributed by atoms with van der Waals surface area (Å²) >= 11 is 0. The van der Waals surface area contributed by atoms with E-state index in [1.807, 2.05) is 27.7 Å². The van der Waals surface area contributed by atoms with E-state index in [2.05, 4.69) is 23.6 Å². The van der Waals surface area contributed by atoms with E-state index in [9.17, 15) is 0 Å². The molecule has 2 heteroatoms. The Hall–Kier alpha value is -0.0800. The Morgan fingerprint density at radius 2 is 1.25 bits per heavy atom. The average Bonchev–Trinajstić information content (AvgIpc) is 2.59. The normalized spacial score (nSPS) is 22.5. The third kappa shape index (κ3) is 6.58. The Balaban J connectivity index is 0.000000829. The third-order valence-electron chi connectivity index (χ3n) is 4.75. The van der Waals surface area contributed by atoms with Crippen molar-refractivity contribution >= 4 is 0 Å². The van der Waals surface area contributed by atoms with Gasteiger partial charge in [-0.1, -0.05) is 48.0 Å². The summed E-state index contributed by atoms with van der Waals surface area (Å²) < 4.78 is 0. The Morgan fingerprint density at radius 3 is 1.65 bits per heavy atom. The maximum atomic E-state index is 2.78. The van der Waals surface area contributed by atoms with Gasteiger partial charge in [-0.2, -0.15) is 0 Å². The average molecular weight is 285 g/mol. The van der Waals surface area contributed by atoms with Gasteiger partial charge in [0.1, 0.15) is 0 Å². The Labute approximate surface area is 128 Å². The number of nitrogens with zero attached hydrogens (tertiary/aromatic N) is 2. The SMILES string of the molecule is CC.CC.CCC1CCN(C2CCN(CC)CC2)CC1. The van der Waals surface area contributed by atoms with E-state index in [0.29, 0.717) is 0 Å². The first-order valence-corrected chi connectivity index (χ1v) is 9.29. The molecule has 2 nitrogen and oxygen atoms in total. The summed E-state index contributed by atoms with van der Waals surface area (Å²) in [5.74, 6) is 1.02. The van der Waals surface area contributed by atoms with Crippen molar-refractivity contribution in [3.05, 3.63) is 0 Å². The summed E-state index contributed by atoms with van der Waals surface area (Å²) in [6, 6.07) is 0.903. The van der Waals surface area contributed by atoms with Crippen LogP contribution in [-0.2, 0) is 0 Å². The quantitative estimate of drug-likeness (QED) is 0.744. The summed E-state index contributed by atoms with van der Waals surface area (Å²) in [6.07, 6.45) is 7.10. The van der Waals surface area contributed by atoms with Gasteiger partial charge in [0, 0.05) is 6.04 Å². The minimum atomic E-state index is 0.903. The maximum Gasteiger partial charge on any atom is 0.0120 e. The Kier molecular flexibility index (Phi) is 12.6. The lowest BCUT2D eigenvalue weighted by Gasteiger charge is -2.41. The minimum Gasteiger partial charge on any atom is -0.303 e. The number of hydrogen-bond acceptors (Lipinski definition) is 2. The first-order valence-electron chi connectivity index (χ1n) is 9.29. The molecule has 2 saturated heterocycles. The van der Waals surface area contributed by atoms with E-state index in [1.165, 1.54) is 64.8 Å². The highest BCUT2D eigenvalue weighted by molar-refractivity contribution is 4.82. The summed E-state index contributed by atoms with van der Waals surface area (Å²) in [4.78, 5) is 5.37. The number of rotatable bonds is 3. The van der Waals surface area contributed by atoms with Gasteiger partial charge < -0.3 is 9.80 Å². The highest BCUT2D eigenvalue weighted by Gasteiger charge is 2.26. The second-order valence-corrected chi connectivity index (χ2v) is 5.55. The second kappa shape index (κ2) is 12.6. The molecule has 2 aliphatic heterocycles. The summed E-state index contributed by atoms with van der Waals surface area (Å²) in [5, 5.41) is 0. The standard InChI is InChI=1S/C14H28N2.2C2H6/c1-3-13-5-11-16(12-6-13)14-7-9-15(4-2)10-8-14;2*1-2/h13-14H,3-12H2,1-2H3;2*1-2H3. The van der Waals surface area contributed by atoms with Gasteiger partial charge in [0.25, 0.3) is 0 Å². The van der Waals surface area contributed by atoms with Gasteiger partial charge >= 0.3 is 0 Å². The van der Waals surface area contributed by atoms with Gasteiger partial charge in [-0.05, 0) is 64.3 Å². The lowest BCUT2D eigenvalue weighted by Crippen LogP contribution is -2.47. The molecule has 0 aromatic rings. The molecule has 2 fully saturated rings. The molecule has 0 atom stereocenters. The zero-order chi connectivity index (χ0) is 15.4. The fourth-order valence-corrected chi connectivity index (χ4v) is 3.33. The lowest BCUT2D eigenvalue weighted by atomic mass is 9.92. The van der Waals surface area contributed by atoms with Crippen molar-refractivity contribution in [2.24, 2.45) is 5.92 Å². The third-order valence-corrected chi connectivity index (χ3v) is 4.75. The summed E-state index contributed by atoms with van der Waals surface area (Å²) in [5.41, 5.74) is 0. The predicted molar refractivity (Wildman–Crippen MR) is 92.4 cm³/mol. The van der Waals surface area contributed by atoms with Crippen molar-refractivity contribution in [3.63, 3.8) is 0 Å². The van der Waals surface area contributed by atoms with Crippen LogP contribution in [0.4, 0.5) is 0 Å². The van der Waals surface area contributed by atoms with Crippen LogP contribution < -0.4 is 0 Å². The zero-order valence-corrected chi connectivity index (χ0v) is 15.1. The molecule has 20 heavy (non-hydrogen) atoms. The molecular formula is C18H40N2.